The van der Waals surface area contributed by atoms with Gasteiger partial charge < -0.3 is 14.8 Å². The third-order valence-corrected chi connectivity index (χ3v) is 7.49. The van der Waals surface area contributed by atoms with Crippen molar-refractivity contribution in [1.29, 1.82) is 0 Å². The van der Waals surface area contributed by atoms with Gasteiger partial charge in [0.2, 0.25) is 0 Å². The van der Waals surface area contributed by atoms with E-state index in [1.807, 2.05) is 22.3 Å². The van der Waals surface area contributed by atoms with Crippen molar-refractivity contribution in [3.8, 4) is 5.00 Å². The van der Waals surface area contributed by atoms with Gasteiger partial charge in [0.1, 0.15) is 10.8 Å². The highest BCUT2D eigenvalue weighted by molar-refractivity contribution is 7.15. The lowest BCUT2D eigenvalue weighted by molar-refractivity contribution is 0.180. The van der Waals surface area contributed by atoms with E-state index in [1.54, 1.807) is 12.1 Å². The number of halogens is 1. The molecular weight excluding hydrogens is 397 g/mol. The van der Waals surface area contributed by atoms with Gasteiger partial charge in [0.15, 0.2) is 0 Å². The van der Waals surface area contributed by atoms with Crippen LogP contribution in [0.3, 0.4) is 0 Å². The second-order valence-electron chi connectivity index (χ2n) is 8.11. The molecule has 3 heterocycles. The van der Waals surface area contributed by atoms with Crippen LogP contribution >= 0.6 is 11.3 Å². The number of carbonyl (C=O) groups is 1. The van der Waals surface area contributed by atoms with Gasteiger partial charge in [-0.1, -0.05) is 19.1 Å². The smallest absolute Gasteiger partial charge is 0.318 e. The lowest BCUT2D eigenvalue weighted by Gasteiger charge is -2.31. The lowest BCUT2D eigenvalue weighted by atomic mass is 9.95. The fourth-order valence-electron chi connectivity index (χ4n) is 4.72. The van der Waals surface area contributed by atoms with Crippen molar-refractivity contribution in [1.82, 2.24) is 14.8 Å². The molecule has 1 atom stereocenters. The molecule has 5 rings (SSSR count). The first-order valence-corrected chi connectivity index (χ1v) is 11.6. The summed E-state index contributed by atoms with van der Waals surface area (Å²) in [6.07, 6.45) is 7.65. The van der Waals surface area contributed by atoms with Gasteiger partial charge >= 0.3 is 6.03 Å². The number of fused-ring (bicyclic) bond motifs is 5. The Hall–Kier alpha value is -2.60. The van der Waals surface area contributed by atoms with Gasteiger partial charge in [-0.2, -0.15) is 0 Å². The second-order valence-corrected chi connectivity index (χ2v) is 9.20. The van der Waals surface area contributed by atoms with Crippen LogP contribution in [0.4, 0.5) is 9.18 Å². The fraction of sp³-hybridized carbons (Fsp3) is 0.375. The van der Waals surface area contributed by atoms with E-state index in [0.717, 1.165) is 30.5 Å². The van der Waals surface area contributed by atoms with Crippen LogP contribution in [0.1, 0.15) is 59.5 Å². The van der Waals surface area contributed by atoms with Crippen molar-refractivity contribution in [3.63, 3.8) is 0 Å². The van der Waals surface area contributed by atoms with Crippen LogP contribution in [-0.2, 0) is 19.4 Å². The van der Waals surface area contributed by atoms with E-state index in [4.69, 9.17) is 0 Å². The summed E-state index contributed by atoms with van der Waals surface area (Å²) in [5.74, 6) is -0.266. The average Bonchev–Trinajstić information content (AvgIpc) is 3.35. The van der Waals surface area contributed by atoms with Gasteiger partial charge in [0.05, 0.1) is 18.3 Å². The molecule has 6 heteroatoms. The summed E-state index contributed by atoms with van der Waals surface area (Å²) < 4.78 is 15.9. The first-order valence-electron chi connectivity index (χ1n) is 10.8. The number of aryl methyl sites for hydroxylation is 1. The van der Waals surface area contributed by atoms with Gasteiger partial charge in [-0.05, 0) is 67.5 Å². The molecule has 3 aromatic rings. The van der Waals surface area contributed by atoms with Gasteiger partial charge in [0, 0.05) is 23.2 Å². The number of hydrogen-bond acceptors (Lipinski definition) is 2. The number of hydrogen-bond donors (Lipinski definition) is 1. The van der Waals surface area contributed by atoms with Crippen molar-refractivity contribution < 1.29 is 9.18 Å². The van der Waals surface area contributed by atoms with Gasteiger partial charge in [-0.3, -0.25) is 0 Å². The normalized spacial score (nSPS) is 17.7. The number of nitrogens with one attached hydrogen (secondary N) is 1. The van der Waals surface area contributed by atoms with Crippen LogP contribution in [0.2, 0.25) is 0 Å². The van der Waals surface area contributed by atoms with Crippen molar-refractivity contribution in [2.75, 3.05) is 6.54 Å². The van der Waals surface area contributed by atoms with Crippen molar-refractivity contribution in [2.45, 2.75) is 51.6 Å². The monoisotopic (exact) mass is 423 g/mol. The van der Waals surface area contributed by atoms with E-state index in [1.165, 1.54) is 46.0 Å². The zero-order valence-corrected chi connectivity index (χ0v) is 18.0. The van der Waals surface area contributed by atoms with E-state index in [9.17, 15) is 9.18 Å². The standard InChI is InChI=1S/C24H26FN3OS/c1-2-13-26-24(29)28-15-19-18-6-3-4-8-21(18)30-23(19)27-14-5-7-20(27)22(28)16-9-11-17(25)12-10-16/h5,7,9-12,14,22H,2-4,6,8,13,15H2,1H3,(H,26,29)/t22-/m1/s1. The van der Waals surface area contributed by atoms with Crippen LogP contribution in [0.5, 0.6) is 0 Å². The highest BCUT2D eigenvalue weighted by Gasteiger charge is 2.35. The second kappa shape index (κ2) is 7.91. The average molecular weight is 424 g/mol. The van der Waals surface area contributed by atoms with E-state index in [2.05, 4.69) is 29.1 Å². The number of benzene rings is 1. The molecule has 0 saturated heterocycles. The quantitative estimate of drug-likeness (QED) is 0.587. The first-order chi connectivity index (χ1) is 14.7. The summed E-state index contributed by atoms with van der Waals surface area (Å²) in [4.78, 5) is 16.7. The molecule has 4 nitrogen and oxygen atoms in total. The highest BCUT2D eigenvalue weighted by Crippen LogP contribution is 2.43. The van der Waals surface area contributed by atoms with Crippen LogP contribution in [0.25, 0.3) is 5.00 Å². The first kappa shape index (κ1) is 19.4. The minimum Gasteiger partial charge on any atom is -0.338 e. The zero-order valence-electron chi connectivity index (χ0n) is 17.2. The van der Waals surface area contributed by atoms with E-state index in [0.29, 0.717) is 13.1 Å². The third-order valence-electron chi connectivity index (χ3n) is 6.15. The topological polar surface area (TPSA) is 37.3 Å². The maximum Gasteiger partial charge on any atom is 0.318 e. The Balaban J connectivity index is 1.67. The highest BCUT2D eigenvalue weighted by atomic mass is 32.1. The molecule has 0 unspecified atom stereocenters. The minimum absolute atomic E-state index is 0.0671. The lowest BCUT2D eigenvalue weighted by Crippen LogP contribution is -2.42. The molecule has 1 N–H and O–H groups in total. The number of rotatable bonds is 3. The summed E-state index contributed by atoms with van der Waals surface area (Å²) in [6.45, 7) is 3.26. The number of nitrogens with zero attached hydrogens (tertiary/aromatic N) is 2. The number of aromatic nitrogens is 1. The van der Waals surface area contributed by atoms with Crippen LogP contribution in [0, 0.1) is 5.82 Å². The number of carbonyl (C=O) groups excluding carboxylic acids is 1. The van der Waals surface area contributed by atoms with Crippen molar-refractivity contribution in [3.05, 3.63) is 75.7 Å². The molecule has 0 saturated carbocycles. The van der Waals surface area contributed by atoms with Gasteiger partial charge in [-0.25, -0.2) is 9.18 Å². The maximum atomic E-state index is 13.6. The molecule has 0 radical (unpaired) electrons. The van der Waals surface area contributed by atoms with E-state index in [-0.39, 0.29) is 17.9 Å². The van der Waals surface area contributed by atoms with Gasteiger partial charge in [-0.15, -0.1) is 11.3 Å². The molecule has 156 valence electrons. The summed E-state index contributed by atoms with van der Waals surface area (Å²) in [5.41, 5.74) is 4.69. The molecule has 2 aliphatic rings. The SMILES string of the molecule is CCCNC(=O)N1Cc2c(sc3c2CCCC3)-n2cccc2[C@H]1c1ccc(F)cc1. The molecule has 0 fully saturated rings. The Bertz CT molecular complexity index is 1070. The largest absolute Gasteiger partial charge is 0.338 e. The van der Waals surface area contributed by atoms with E-state index >= 15 is 0 Å². The Morgan fingerprint density at radius 1 is 1.17 bits per heavy atom. The fourth-order valence-corrected chi connectivity index (χ4v) is 6.12. The molecule has 0 bridgehead atoms. The summed E-state index contributed by atoms with van der Waals surface area (Å²) >= 11 is 1.87. The van der Waals surface area contributed by atoms with Crippen molar-refractivity contribution >= 4 is 17.4 Å². The van der Waals surface area contributed by atoms with Crippen LogP contribution < -0.4 is 5.32 Å². The number of urea groups is 1. The number of thiophene rings is 1. The third kappa shape index (κ3) is 3.23. The Morgan fingerprint density at radius 2 is 1.97 bits per heavy atom. The predicted octanol–water partition coefficient (Wildman–Crippen LogP) is 5.58. The molecule has 1 aliphatic carbocycles. The zero-order chi connectivity index (χ0) is 20.7. The van der Waals surface area contributed by atoms with Crippen LogP contribution in [-0.4, -0.2) is 22.0 Å². The summed E-state index contributed by atoms with van der Waals surface area (Å²) in [5, 5.41) is 4.31. The molecule has 2 amide bonds. The Labute approximate surface area is 180 Å². The van der Waals surface area contributed by atoms with Gasteiger partial charge in [0.25, 0.3) is 0 Å². The molecule has 0 spiro atoms. The summed E-state index contributed by atoms with van der Waals surface area (Å²) in [7, 11) is 0. The number of amides is 2. The molecule has 2 aromatic heterocycles. The summed E-state index contributed by atoms with van der Waals surface area (Å²) in [6, 6.07) is 10.3. The Kier molecular flexibility index (Phi) is 5.11. The molecule has 1 aliphatic heterocycles. The minimum atomic E-state index is -0.267. The van der Waals surface area contributed by atoms with Crippen LogP contribution in [0.15, 0.2) is 42.6 Å². The molecule has 1 aromatic carbocycles. The van der Waals surface area contributed by atoms with E-state index < -0.39 is 0 Å². The maximum absolute atomic E-state index is 13.6. The molecular formula is C24H26FN3OS. The Morgan fingerprint density at radius 3 is 2.77 bits per heavy atom. The molecule has 30 heavy (non-hydrogen) atoms. The van der Waals surface area contributed by atoms with Crippen molar-refractivity contribution in [2.24, 2.45) is 0 Å². The predicted molar refractivity (Wildman–Crippen MR) is 118 cm³/mol.